The number of amides is 1. The highest BCUT2D eigenvalue weighted by molar-refractivity contribution is 5.81. The molecule has 0 aliphatic heterocycles. The summed E-state index contributed by atoms with van der Waals surface area (Å²) in [5, 5.41) is 11.2. The van der Waals surface area contributed by atoms with Crippen molar-refractivity contribution in [3.8, 4) is 0 Å². The van der Waals surface area contributed by atoms with E-state index in [1.165, 1.54) is 0 Å². The molecule has 0 saturated carbocycles. The smallest absolute Gasteiger partial charge is 0.408 e. The number of alkyl carbamates (subject to hydrolysis) is 1. The van der Waals surface area contributed by atoms with E-state index in [2.05, 4.69) is 5.32 Å². The van der Waals surface area contributed by atoms with Crippen LogP contribution in [0.15, 0.2) is 0 Å². The number of aliphatic hydroxyl groups excluding tert-OH is 1. The molecule has 2 N–H and O–H groups in total. The highest BCUT2D eigenvalue weighted by Crippen LogP contribution is 2.09. The van der Waals surface area contributed by atoms with Crippen molar-refractivity contribution in [1.29, 1.82) is 0 Å². The van der Waals surface area contributed by atoms with Gasteiger partial charge in [0, 0.05) is 6.61 Å². The van der Waals surface area contributed by atoms with E-state index < -0.39 is 23.7 Å². The maximum absolute atomic E-state index is 11.9. The van der Waals surface area contributed by atoms with Crippen molar-refractivity contribution in [2.75, 3.05) is 13.2 Å². The Morgan fingerprint density at radius 1 is 1.14 bits per heavy atom. The summed E-state index contributed by atoms with van der Waals surface area (Å²) in [6, 6.07) is -0.737. The van der Waals surface area contributed by atoms with Gasteiger partial charge in [0.1, 0.15) is 11.6 Å². The number of esters is 1. The van der Waals surface area contributed by atoms with Crippen LogP contribution in [0.1, 0.15) is 61.3 Å². The van der Waals surface area contributed by atoms with Gasteiger partial charge in [0.15, 0.2) is 0 Å². The van der Waals surface area contributed by atoms with Crippen LogP contribution in [0.4, 0.5) is 4.79 Å². The van der Waals surface area contributed by atoms with Gasteiger partial charge in [-0.25, -0.2) is 9.59 Å². The van der Waals surface area contributed by atoms with Crippen LogP contribution in [0, 0.1) is 5.92 Å². The zero-order valence-corrected chi connectivity index (χ0v) is 15.1. The van der Waals surface area contributed by atoms with Crippen molar-refractivity contribution in [1.82, 2.24) is 5.32 Å². The van der Waals surface area contributed by atoms with Crippen LogP contribution in [0.25, 0.3) is 0 Å². The standard InChI is InChI=1S/C14H27NO5.C2H6/c1-10(2)11(12(17)19-9-7-6-8-16)15-13(18)20-14(3,4)5;1-2/h10-11,16H,6-9H2,1-5H3,(H,15,18);1-2H3. The fourth-order valence-electron chi connectivity index (χ4n) is 1.41. The Morgan fingerprint density at radius 3 is 2.09 bits per heavy atom. The van der Waals surface area contributed by atoms with Crippen LogP contribution >= 0.6 is 0 Å². The third kappa shape index (κ3) is 12.4. The Labute approximate surface area is 134 Å². The highest BCUT2D eigenvalue weighted by Gasteiger charge is 2.27. The molecule has 0 saturated heterocycles. The number of hydrogen-bond acceptors (Lipinski definition) is 5. The summed E-state index contributed by atoms with van der Waals surface area (Å²) in [6.45, 7) is 13.2. The van der Waals surface area contributed by atoms with Gasteiger partial charge in [0.2, 0.25) is 0 Å². The van der Waals surface area contributed by atoms with E-state index in [4.69, 9.17) is 14.6 Å². The second-order valence-electron chi connectivity index (χ2n) is 5.97. The summed E-state index contributed by atoms with van der Waals surface area (Å²) < 4.78 is 10.2. The van der Waals surface area contributed by atoms with Crippen molar-refractivity contribution in [3.63, 3.8) is 0 Å². The van der Waals surface area contributed by atoms with E-state index in [1.807, 2.05) is 27.7 Å². The van der Waals surface area contributed by atoms with Crippen molar-refractivity contribution in [2.24, 2.45) is 5.92 Å². The van der Waals surface area contributed by atoms with E-state index in [9.17, 15) is 9.59 Å². The normalized spacial score (nSPS) is 12.0. The number of rotatable bonds is 7. The predicted octanol–water partition coefficient (Wildman–Crippen LogP) is 2.88. The number of hydrogen-bond donors (Lipinski definition) is 2. The number of nitrogens with one attached hydrogen (secondary N) is 1. The molecule has 132 valence electrons. The lowest BCUT2D eigenvalue weighted by Gasteiger charge is -2.24. The Hall–Kier alpha value is -1.30. The molecule has 22 heavy (non-hydrogen) atoms. The molecule has 6 nitrogen and oxygen atoms in total. The van der Waals surface area contributed by atoms with Gasteiger partial charge >= 0.3 is 12.1 Å². The van der Waals surface area contributed by atoms with E-state index in [1.54, 1.807) is 20.8 Å². The molecule has 0 aromatic carbocycles. The first-order chi connectivity index (χ1) is 10.2. The van der Waals surface area contributed by atoms with Gasteiger partial charge < -0.3 is 19.9 Å². The molecule has 1 unspecified atom stereocenters. The van der Waals surface area contributed by atoms with E-state index in [0.717, 1.165) is 0 Å². The van der Waals surface area contributed by atoms with Gasteiger partial charge in [-0.1, -0.05) is 27.7 Å². The van der Waals surface area contributed by atoms with E-state index in [0.29, 0.717) is 12.8 Å². The molecule has 0 aromatic heterocycles. The Balaban J connectivity index is 0. The van der Waals surface area contributed by atoms with Crippen molar-refractivity contribution < 1.29 is 24.2 Å². The lowest BCUT2D eigenvalue weighted by atomic mass is 10.1. The fraction of sp³-hybridized carbons (Fsp3) is 0.875. The van der Waals surface area contributed by atoms with E-state index >= 15 is 0 Å². The topological polar surface area (TPSA) is 84.9 Å². The maximum Gasteiger partial charge on any atom is 0.408 e. The molecule has 0 bridgehead atoms. The summed E-state index contributed by atoms with van der Waals surface area (Å²) in [5.74, 6) is -0.586. The number of carbonyl (C=O) groups excluding carboxylic acids is 2. The second-order valence-corrected chi connectivity index (χ2v) is 5.97. The highest BCUT2D eigenvalue weighted by atomic mass is 16.6. The monoisotopic (exact) mass is 319 g/mol. The molecule has 0 spiro atoms. The minimum atomic E-state index is -0.737. The quantitative estimate of drug-likeness (QED) is 0.557. The summed E-state index contributed by atoms with van der Waals surface area (Å²) >= 11 is 0. The lowest BCUT2D eigenvalue weighted by molar-refractivity contribution is -0.147. The molecule has 0 heterocycles. The number of unbranched alkanes of at least 4 members (excludes halogenated alkanes) is 1. The van der Waals surface area contributed by atoms with Crippen LogP contribution in [0.3, 0.4) is 0 Å². The zero-order valence-electron chi connectivity index (χ0n) is 15.1. The molecule has 0 radical (unpaired) electrons. The van der Waals surface area contributed by atoms with Crippen LogP contribution in [-0.2, 0) is 14.3 Å². The zero-order chi connectivity index (χ0) is 17.8. The third-order valence-electron chi connectivity index (χ3n) is 2.39. The maximum atomic E-state index is 11.9. The third-order valence-corrected chi connectivity index (χ3v) is 2.39. The first-order valence-corrected chi connectivity index (χ1v) is 7.94. The lowest BCUT2D eigenvalue weighted by Crippen LogP contribution is -2.47. The molecule has 0 aliphatic rings. The van der Waals surface area contributed by atoms with Crippen LogP contribution in [0.5, 0.6) is 0 Å². The van der Waals surface area contributed by atoms with Crippen LogP contribution < -0.4 is 5.32 Å². The number of carbonyl (C=O) groups is 2. The average Bonchev–Trinajstić information content (AvgIpc) is 2.40. The molecule has 0 aromatic rings. The average molecular weight is 319 g/mol. The minimum absolute atomic E-state index is 0.0708. The van der Waals surface area contributed by atoms with Gasteiger partial charge in [0.05, 0.1) is 6.61 Å². The van der Waals surface area contributed by atoms with Crippen molar-refractivity contribution in [3.05, 3.63) is 0 Å². The molecule has 6 heteroatoms. The molecule has 0 aliphatic carbocycles. The molecule has 1 amide bonds. The number of aliphatic hydroxyl groups is 1. The molecular weight excluding hydrogens is 286 g/mol. The molecule has 0 fully saturated rings. The van der Waals surface area contributed by atoms with Crippen molar-refractivity contribution in [2.45, 2.75) is 73.0 Å². The largest absolute Gasteiger partial charge is 0.464 e. The van der Waals surface area contributed by atoms with Crippen molar-refractivity contribution >= 4 is 12.1 Å². The predicted molar refractivity (Wildman–Crippen MR) is 86.6 cm³/mol. The van der Waals surface area contributed by atoms with Gasteiger partial charge in [-0.05, 0) is 39.5 Å². The number of ether oxygens (including phenoxy) is 2. The molecule has 0 rings (SSSR count). The first kappa shape index (κ1) is 23.0. The summed E-state index contributed by atoms with van der Waals surface area (Å²) in [5.41, 5.74) is -0.614. The first-order valence-electron chi connectivity index (χ1n) is 7.94. The van der Waals surface area contributed by atoms with Gasteiger partial charge in [-0.2, -0.15) is 0 Å². The van der Waals surface area contributed by atoms with Crippen LogP contribution in [-0.4, -0.2) is 42.0 Å². The van der Waals surface area contributed by atoms with E-state index in [-0.39, 0.29) is 19.1 Å². The summed E-state index contributed by atoms with van der Waals surface area (Å²) in [7, 11) is 0. The van der Waals surface area contributed by atoms with Gasteiger partial charge in [-0.3, -0.25) is 0 Å². The SMILES string of the molecule is CC.CC(C)C(NC(=O)OC(C)(C)C)C(=O)OCCCCO. The molecule has 1 atom stereocenters. The Morgan fingerprint density at radius 2 is 1.68 bits per heavy atom. The Bertz CT molecular complexity index is 310. The molecular formula is C16H33NO5. The summed E-state index contributed by atoms with van der Waals surface area (Å²) in [4.78, 5) is 23.6. The van der Waals surface area contributed by atoms with Crippen LogP contribution in [0.2, 0.25) is 0 Å². The van der Waals surface area contributed by atoms with Gasteiger partial charge in [-0.15, -0.1) is 0 Å². The minimum Gasteiger partial charge on any atom is -0.464 e. The van der Waals surface area contributed by atoms with Gasteiger partial charge in [0.25, 0.3) is 0 Å². The Kier molecular flexibility index (Phi) is 12.8. The fourth-order valence-corrected chi connectivity index (χ4v) is 1.41. The summed E-state index contributed by atoms with van der Waals surface area (Å²) in [6.07, 6.45) is 0.544. The second kappa shape index (κ2) is 12.3.